The number of hydrogen-bond acceptors (Lipinski definition) is 2. The Morgan fingerprint density at radius 3 is 1.77 bits per heavy atom. The van der Waals surface area contributed by atoms with E-state index in [2.05, 4.69) is 65.6 Å². The monoisotopic (exact) mass is 347 g/mol. The van der Waals surface area contributed by atoms with Crippen molar-refractivity contribution in [1.82, 2.24) is 4.90 Å². The molecule has 1 saturated heterocycles. The number of rotatable bonds is 3. The summed E-state index contributed by atoms with van der Waals surface area (Å²) in [7, 11) is 0. The molecule has 4 aliphatic rings. The van der Waals surface area contributed by atoms with Crippen LogP contribution < -0.4 is 0 Å². The molecule has 0 unspecified atom stereocenters. The van der Waals surface area contributed by atoms with Crippen LogP contribution in [0.3, 0.4) is 0 Å². The maximum absolute atomic E-state index is 11.2. The van der Waals surface area contributed by atoms with Crippen LogP contribution in [0, 0.1) is 5.92 Å². The van der Waals surface area contributed by atoms with E-state index in [1.165, 1.54) is 24.0 Å². The first-order valence-electron chi connectivity index (χ1n) is 10.3. The van der Waals surface area contributed by atoms with E-state index in [1.807, 2.05) is 0 Å². The lowest BCUT2D eigenvalue weighted by Gasteiger charge is -2.61. The molecule has 1 heterocycles. The van der Waals surface area contributed by atoms with Crippen molar-refractivity contribution in [2.24, 2.45) is 5.92 Å². The van der Waals surface area contributed by atoms with Crippen molar-refractivity contribution < 1.29 is 5.11 Å². The standard InChI is InChI=1S/C24H29NO/c26-23-15-20-21(18-9-3-1-4-10-18)16-24(23,25-13-7-8-14-25)17-22(20)19-11-5-2-6-12-19/h1-6,9-12,20-23,26H,7-8,13-17H2/t20?,21-,22-,23-,24?/m0/s1. The molecule has 3 saturated carbocycles. The topological polar surface area (TPSA) is 23.5 Å². The van der Waals surface area contributed by atoms with E-state index in [4.69, 9.17) is 0 Å². The van der Waals surface area contributed by atoms with Crippen LogP contribution >= 0.6 is 0 Å². The Bertz CT molecular complexity index is 688. The molecule has 2 aromatic rings. The number of likely N-dealkylation sites (tertiary alicyclic amines) is 1. The highest BCUT2D eigenvalue weighted by molar-refractivity contribution is 5.32. The summed E-state index contributed by atoms with van der Waals surface area (Å²) in [5.41, 5.74) is 2.90. The van der Waals surface area contributed by atoms with Crippen LogP contribution in [-0.2, 0) is 0 Å². The fourth-order valence-electron chi connectivity index (χ4n) is 6.27. The second-order valence-corrected chi connectivity index (χ2v) is 8.66. The summed E-state index contributed by atoms with van der Waals surface area (Å²) < 4.78 is 0. The van der Waals surface area contributed by atoms with Gasteiger partial charge in [-0.2, -0.15) is 0 Å². The molecular weight excluding hydrogens is 318 g/mol. The van der Waals surface area contributed by atoms with Gasteiger partial charge in [-0.05, 0) is 74.1 Å². The zero-order valence-electron chi connectivity index (χ0n) is 15.4. The van der Waals surface area contributed by atoms with Crippen LogP contribution in [0.25, 0.3) is 0 Å². The number of aliphatic hydroxyl groups is 1. The maximum Gasteiger partial charge on any atom is 0.0727 e. The molecule has 3 atom stereocenters. The van der Waals surface area contributed by atoms with E-state index in [0.717, 1.165) is 32.4 Å². The van der Waals surface area contributed by atoms with Crippen LogP contribution in [0.15, 0.2) is 60.7 Å². The Labute approximate surface area is 156 Å². The molecule has 3 aliphatic carbocycles. The van der Waals surface area contributed by atoms with Gasteiger partial charge in [-0.15, -0.1) is 0 Å². The Kier molecular flexibility index (Phi) is 4.14. The zero-order valence-corrected chi connectivity index (χ0v) is 15.4. The van der Waals surface area contributed by atoms with Crippen molar-refractivity contribution >= 4 is 0 Å². The van der Waals surface area contributed by atoms with Crippen LogP contribution in [0.5, 0.6) is 0 Å². The molecule has 0 aromatic heterocycles. The van der Waals surface area contributed by atoms with Crippen molar-refractivity contribution in [3.05, 3.63) is 71.8 Å². The lowest BCUT2D eigenvalue weighted by molar-refractivity contribution is -0.119. The first-order valence-corrected chi connectivity index (χ1v) is 10.3. The van der Waals surface area contributed by atoms with E-state index in [9.17, 15) is 5.11 Å². The SMILES string of the molecule is O[C@H]1CC2[C@H](c3ccccc3)CC1(N1CCCC1)C[C@H]2c1ccccc1. The molecule has 1 N–H and O–H groups in total. The van der Waals surface area contributed by atoms with Crippen molar-refractivity contribution in [2.45, 2.75) is 55.6 Å². The minimum absolute atomic E-state index is 0.0355. The van der Waals surface area contributed by atoms with E-state index in [-0.39, 0.29) is 11.6 Å². The normalized spacial score (nSPS) is 37.1. The molecule has 2 heteroatoms. The Hall–Kier alpha value is -1.64. The van der Waals surface area contributed by atoms with Gasteiger partial charge < -0.3 is 5.11 Å². The quantitative estimate of drug-likeness (QED) is 0.879. The number of aliphatic hydroxyl groups excluding tert-OH is 1. The Balaban J connectivity index is 1.58. The van der Waals surface area contributed by atoms with E-state index < -0.39 is 0 Å². The molecule has 136 valence electrons. The van der Waals surface area contributed by atoms with Crippen LogP contribution in [-0.4, -0.2) is 34.7 Å². The van der Waals surface area contributed by atoms with Gasteiger partial charge in [0.1, 0.15) is 0 Å². The third-order valence-corrected chi connectivity index (χ3v) is 7.49. The lowest BCUT2D eigenvalue weighted by Crippen LogP contribution is -2.65. The van der Waals surface area contributed by atoms with Gasteiger partial charge in [0.05, 0.1) is 6.10 Å². The van der Waals surface area contributed by atoms with Crippen LogP contribution in [0.4, 0.5) is 0 Å². The molecule has 4 fully saturated rings. The second kappa shape index (κ2) is 6.51. The van der Waals surface area contributed by atoms with Gasteiger partial charge in [-0.1, -0.05) is 60.7 Å². The van der Waals surface area contributed by atoms with E-state index in [1.54, 1.807) is 0 Å². The molecule has 0 amide bonds. The highest BCUT2D eigenvalue weighted by Gasteiger charge is 2.58. The molecule has 2 bridgehead atoms. The molecule has 0 spiro atoms. The van der Waals surface area contributed by atoms with Crippen molar-refractivity contribution in [2.75, 3.05) is 13.1 Å². The van der Waals surface area contributed by atoms with Gasteiger partial charge in [0.2, 0.25) is 0 Å². The van der Waals surface area contributed by atoms with Crippen molar-refractivity contribution in [3.63, 3.8) is 0 Å². The minimum atomic E-state index is -0.175. The van der Waals surface area contributed by atoms with Gasteiger partial charge >= 0.3 is 0 Å². The summed E-state index contributed by atoms with van der Waals surface area (Å²) in [5, 5.41) is 11.2. The summed E-state index contributed by atoms with van der Waals surface area (Å²) >= 11 is 0. The number of nitrogens with zero attached hydrogens (tertiary/aromatic N) is 1. The first kappa shape index (κ1) is 16.5. The third kappa shape index (κ3) is 2.54. The molecule has 2 aromatic carbocycles. The van der Waals surface area contributed by atoms with Crippen molar-refractivity contribution in [1.29, 1.82) is 0 Å². The van der Waals surface area contributed by atoms with Crippen LogP contribution in [0.2, 0.25) is 0 Å². The first-order chi connectivity index (χ1) is 12.8. The summed E-state index contributed by atoms with van der Waals surface area (Å²) in [4.78, 5) is 2.65. The molecule has 1 aliphatic heterocycles. The fourth-order valence-corrected chi connectivity index (χ4v) is 6.27. The summed E-state index contributed by atoms with van der Waals surface area (Å²) in [6.45, 7) is 2.31. The Morgan fingerprint density at radius 1 is 0.769 bits per heavy atom. The summed E-state index contributed by atoms with van der Waals surface area (Å²) in [6, 6.07) is 22.1. The molecule has 6 rings (SSSR count). The van der Waals surface area contributed by atoms with Crippen LogP contribution in [0.1, 0.15) is 55.1 Å². The number of hydrogen-bond donors (Lipinski definition) is 1. The predicted molar refractivity (Wildman–Crippen MR) is 105 cm³/mol. The molecular formula is C24H29NO. The number of benzene rings is 2. The largest absolute Gasteiger partial charge is 0.391 e. The van der Waals surface area contributed by atoms with Gasteiger partial charge in [0, 0.05) is 5.54 Å². The van der Waals surface area contributed by atoms with E-state index >= 15 is 0 Å². The van der Waals surface area contributed by atoms with Gasteiger partial charge in [-0.25, -0.2) is 0 Å². The van der Waals surface area contributed by atoms with Gasteiger partial charge in [-0.3, -0.25) is 4.90 Å². The highest BCUT2D eigenvalue weighted by atomic mass is 16.3. The maximum atomic E-state index is 11.2. The smallest absolute Gasteiger partial charge is 0.0727 e. The zero-order chi connectivity index (χ0) is 17.6. The summed E-state index contributed by atoms with van der Waals surface area (Å²) in [5.74, 6) is 1.65. The average Bonchev–Trinajstić information content (AvgIpc) is 3.25. The predicted octanol–water partition coefficient (Wildman–Crippen LogP) is 4.56. The molecule has 26 heavy (non-hydrogen) atoms. The highest BCUT2D eigenvalue weighted by Crippen LogP contribution is 2.60. The average molecular weight is 348 g/mol. The third-order valence-electron chi connectivity index (χ3n) is 7.49. The molecule has 0 radical (unpaired) electrons. The molecule has 2 nitrogen and oxygen atoms in total. The van der Waals surface area contributed by atoms with Gasteiger partial charge in [0.15, 0.2) is 0 Å². The lowest BCUT2D eigenvalue weighted by atomic mass is 9.51. The minimum Gasteiger partial charge on any atom is -0.391 e. The fraction of sp³-hybridized carbons (Fsp3) is 0.500. The summed E-state index contributed by atoms with van der Waals surface area (Å²) in [6.07, 6.45) is 5.56. The Morgan fingerprint density at radius 2 is 1.27 bits per heavy atom. The van der Waals surface area contributed by atoms with E-state index in [0.29, 0.717) is 17.8 Å². The number of fused-ring (bicyclic) bond motifs is 3. The van der Waals surface area contributed by atoms with Crippen molar-refractivity contribution in [3.8, 4) is 0 Å². The van der Waals surface area contributed by atoms with Gasteiger partial charge in [0.25, 0.3) is 0 Å². The second-order valence-electron chi connectivity index (χ2n) is 8.66.